The van der Waals surface area contributed by atoms with Crippen molar-refractivity contribution in [3.63, 3.8) is 0 Å². The van der Waals surface area contributed by atoms with Crippen LogP contribution in [-0.4, -0.2) is 10.9 Å². The molecule has 1 heterocycles. The molecule has 0 radical (unpaired) electrons. The largest absolute Gasteiger partial charge is 0.322 e. The van der Waals surface area contributed by atoms with E-state index in [2.05, 4.69) is 15.7 Å². The van der Waals surface area contributed by atoms with Crippen molar-refractivity contribution < 1.29 is 9.18 Å². The number of pyridine rings is 1. The van der Waals surface area contributed by atoms with Gasteiger partial charge in [-0.1, -0.05) is 17.7 Å². The number of amides is 1. The summed E-state index contributed by atoms with van der Waals surface area (Å²) in [5.74, 6) is 4.63. The van der Waals surface area contributed by atoms with E-state index in [4.69, 9.17) is 17.4 Å². The maximum Gasteiger partial charge on any atom is 0.257 e. The molecule has 20 heavy (non-hydrogen) atoms. The maximum atomic E-state index is 13.4. The van der Waals surface area contributed by atoms with Crippen LogP contribution in [-0.2, 0) is 0 Å². The van der Waals surface area contributed by atoms with E-state index in [0.717, 1.165) is 0 Å². The molecule has 2 aromatic rings. The Morgan fingerprint density at radius 2 is 2.15 bits per heavy atom. The molecule has 0 unspecified atom stereocenters. The average molecular weight is 295 g/mol. The van der Waals surface area contributed by atoms with Crippen molar-refractivity contribution in [3.8, 4) is 0 Å². The van der Waals surface area contributed by atoms with E-state index in [1.807, 2.05) is 0 Å². The fraction of sp³-hybridized carbons (Fsp3) is 0.0769. The van der Waals surface area contributed by atoms with Gasteiger partial charge in [-0.05, 0) is 30.7 Å². The number of benzene rings is 1. The SMILES string of the molecule is Cc1ccc(NC(=O)c2cnc(NN)c(Cl)c2)cc1F. The number of nitrogens with one attached hydrogen (secondary N) is 2. The Balaban J connectivity index is 2.19. The quantitative estimate of drug-likeness (QED) is 0.600. The van der Waals surface area contributed by atoms with Crippen LogP contribution in [0.3, 0.4) is 0 Å². The van der Waals surface area contributed by atoms with Crippen molar-refractivity contribution in [3.05, 3.63) is 52.4 Å². The third-order valence-corrected chi connectivity index (χ3v) is 2.96. The number of anilines is 2. The van der Waals surface area contributed by atoms with Crippen molar-refractivity contribution in [2.75, 3.05) is 10.7 Å². The van der Waals surface area contributed by atoms with E-state index >= 15 is 0 Å². The summed E-state index contributed by atoms with van der Waals surface area (Å²) in [4.78, 5) is 15.9. The predicted molar refractivity (Wildman–Crippen MR) is 76.1 cm³/mol. The molecule has 1 aromatic carbocycles. The molecule has 0 saturated carbocycles. The summed E-state index contributed by atoms with van der Waals surface area (Å²) in [5.41, 5.74) is 3.41. The van der Waals surface area contributed by atoms with Crippen LogP contribution in [0.25, 0.3) is 0 Å². The highest BCUT2D eigenvalue weighted by Crippen LogP contribution is 2.20. The van der Waals surface area contributed by atoms with Gasteiger partial charge in [0.2, 0.25) is 0 Å². The predicted octanol–water partition coefficient (Wildman–Crippen LogP) is 2.72. The average Bonchev–Trinajstić information content (AvgIpc) is 2.42. The van der Waals surface area contributed by atoms with Gasteiger partial charge in [0, 0.05) is 11.9 Å². The maximum absolute atomic E-state index is 13.4. The van der Waals surface area contributed by atoms with Crippen LogP contribution >= 0.6 is 11.6 Å². The Labute approximate surface area is 119 Å². The second-order valence-electron chi connectivity index (χ2n) is 4.12. The number of aromatic nitrogens is 1. The Morgan fingerprint density at radius 1 is 1.40 bits per heavy atom. The molecule has 0 spiro atoms. The van der Waals surface area contributed by atoms with Gasteiger partial charge in [-0.15, -0.1) is 0 Å². The molecule has 0 aliphatic carbocycles. The monoisotopic (exact) mass is 294 g/mol. The molecule has 1 aromatic heterocycles. The summed E-state index contributed by atoms with van der Waals surface area (Å²) in [6.45, 7) is 1.64. The topological polar surface area (TPSA) is 80.0 Å². The molecule has 7 heteroatoms. The molecule has 4 N–H and O–H groups in total. The van der Waals surface area contributed by atoms with Gasteiger partial charge in [0.25, 0.3) is 5.91 Å². The lowest BCUT2D eigenvalue weighted by Gasteiger charge is -2.08. The molecular weight excluding hydrogens is 283 g/mol. The minimum absolute atomic E-state index is 0.218. The number of rotatable bonds is 3. The third kappa shape index (κ3) is 3.04. The first-order valence-electron chi connectivity index (χ1n) is 5.71. The summed E-state index contributed by atoms with van der Waals surface area (Å²) in [6.07, 6.45) is 1.32. The van der Waals surface area contributed by atoms with Gasteiger partial charge in [0.1, 0.15) is 5.82 Å². The Morgan fingerprint density at radius 3 is 2.75 bits per heavy atom. The molecule has 0 bridgehead atoms. The van der Waals surface area contributed by atoms with E-state index in [-0.39, 0.29) is 22.2 Å². The molecule has 0 aliphatic heterocycles. The van der Waals surface area contributed by atoms with Crippen molar-refractivity contribution in [2.24, 2.45) is 5.84 Å². The lowest BCUT2D eigenvalue weighted by Crippen LogP contribution is -2.14. The number of nitrogens with two attached hydrogens (primary N) is 1. The zero-order chi connectivity index (χ0) is 14.7. The molecule has 1 amide bonds. The zero-order valence-electron chi connectivity index (χ0n) is 10.6. The smallest absolute Gasteiger partial charge is 0.257 e. The van der Waals surface area contributed by atoms with E-state index in [0.29, 0.717) is 11.3 Å². The zero-order valence-corrected chi connectivity index (χ0v) is 11.3. The van der Waals surface area contributed by atoms with Crippen LogP contribution < -0.4 is 16.6 Å². The van der Waals surface area contributed by atoms with Crippen LogP contribution in [0.15, 0.2) is 30.5 Å². The molecule has 0 aliphatic rings. The molecule has 5 nitrogen and oxygen atoms in total. The molecule has 0 fully saturated rings. The third-order valence-electron chi connectivity index (χ3n) is 2.67. The normalized spacial score (nSPS) is 10.2. The summed E-state index contributed by atoms with van der Waals surface area (Å²) >= 11 is 5.88. The van der Waals surface area contributed by atoms with Gasteiger partial charge in [-0.2, -0.15) is 0 Å². The highest BCUT2D eigenvalue weighted by molar-refractivity contribution is 6.33. The van der Waals surface area contributed by atoms with Crippen molar-refractivity contribution in [2.45, 2.75) is 6.92 Å². The minimum atomic E-state index is -0.439. The molecular formula is C13H12ClFN4O. The Bertz CT molecular complexity index is 663. The van der Waals surface area contributed by atoms with Crippen molar-refractivity contribution >= 4 is 29.0 Å². The first-order chi connectivity index (χ1) is 9.51. The van der Waals surface area contributed by atoms with Crippen LogP contribution in [0, 0.1) is 12.7 Å². The Hall–Kier alpha value is -2.18. The highest BCUT2D eigenvalue weighted by Gasteiger charge is 2.10. The van der Waals surface area contributed by atoms with Gasteiger partial charge in [0.05, 0.1) is 10.6 Å². The lowest BCUT2D eigenvalue weighted by atomic mass is 10.2. The number of halogens is 2. The molecule has 0 atom stereocenters. The number of hydrazine groups is 1. The molecule has 2 rings (SSSR count). The summed E-state index contributed by atoms with van der Waals surface area (Å²) in [7, 11) is 0. The second-order valence-corrected chi connectivity index (χ2v) is 4.52. The molecule has 0 saturated heterocycles. The van der Waals surface area contributed by atoms with Gasteiger partial charge >= 0.3 is 0 Å². The first kappa shape index (κ1) is 14.2. The van der Waals surface area contributed by atoms with Crippen molar-refractivity contribution in [1.29, 1.82) is 0 Å². The standard InChI is InChI=1S/C13H12ClFN4O/c1-7-2-3-9(5-11(7)15)18-13(20)8-4-10(14)12(19-16)17-6-8/h2-6H,16H2,1H3,(H,17,19)(H,18,20). The van der Waals surface area contributed by atoms with Crippen molar-refractivity contribution in [1.82, 2.24) is 4.98 Å². The number of hydrogen-bond acceptors (Lipinski definition) is 4. The Kier molecular flexibility index (Phi) is 4.16. The lowest BCUT2D eigenvalue weighted by molar-refractivity contribution is 0.102. The minimum Gasteiger partial charge on any atom is -0.322 e. The number of carbonyl (C=O) groups is 1. The summed E-state index contributed by atoms with van der Waals surface area (Å²) in [6, 6.07) is 5.86. The number of nitrogen functional groups attached to an aromatic ring is 1. The molecule has 104 valence electrons. The number of hydrogen-bond donors (Lipinski definition) is 3. The van der Waals surface area contributed by atoms with Crippen LogP contribution in [0.5, 0.6) is 0 Å². The number of nitrogens with zero attached hydrogens (tertiary/aromatic N) is 1. The van der Waals surface area contributed by atoms with Crippen LogP contribution in [0.2, 0.25) is 5.02 Å². The second kappa shape index (κ2) is 5.85. The van der Waals surface area contributed by atoms with Crippen LogP contribution in [0.1, 0.15) is 15.9 Å². The van der Waals surface area contributed by atoms with Gasteiger partial charge in [-0.25, -0.2) is 15.2 Å². The summed E-state index contributed by atoms with van der Waals surface area (Å²) < 4.78 is 13.4. The van der Waals surface area contributed by atoms with E-state index in [1.165, 1.54) is 18.3 Å². The van der Waals surface area contributed by atoms with E-state index in [1.54, 1.807) is 19.1 Å². The van der Waals surface area contributed by atoms with Gasteiger partial charge in [0.15, 0.2) is 5.82 Å². The van der Waals surface area contributed by atoms with Gasteiger partial charge < -0.3 is 10.7 Å². The van der Waals surface area contributed by atoms with Crippen LogP contribution in [0.4, 0.5) is 15.9 Å². The number of carbonyl (C=O) groups excluding carboxylic acids is 1. The number of aryl methyl sites for hydroxylation is 1. The fourth-order valence-electron chi connectivity index (χ4n) is 1.54. The highest BCUT2D eigenvalue weighted by atomic mass is 35.5. The summed E-state index contributed by atoms with van der Waals surface area (Å²) in [5, 5.41) is 2.78. The van der Waals surface area contributed by atoms with E-state index in [9.17, 15) is 9.18 Å². The van der Waals surface area contributed by atoms with E-state index < -0.39 is 5.91 Å². The fourth-order valence-corrected chi connectivity index (χ4v) is 1.76. The van der Waals surface area contributed by atoms with Gasteiger partial charge in [-0.3, -0.25) is 4.79 Å². The first-order valence-corrected chi connectivity index (χ1v) is 6.08.